The van der Waals surface area contributed by atoms with E-state index in [4.69, 9.17) is 18.0 Å². The van der Waals surface area contributed by atoms with Crippen LogP contribution in [0, 0.1) is 5.41 Å². The molecule has 0 unspecified atom stereocenters. The number of pyridine rings is 1. The first-order chi connectivity index (χ1) is 8.94. The van der Waals surface area contributed by atoms with Gasteiger partial charge in [-0.2, -0.15) is 0 Å². The molecule has 1 aliphatic heterocycles. The van der Waals surface area contributed by atoms with Crippen molar-refractivity contribution >= 4 is 23.1 Å². The summed E-state index contributed by atoms with van der Waals surface area (Å²) in [5.41, 5.74) is 5.85. The Morgan fingerprint density at radius 3 is 2.68 bits per heavy atom. The van der Waals surface area contributed by atoms with Crippen molar-refractivity contribution in [2.45, 2.75) is 19.8 Å². The van der Waals surface area contributed by atoms with Crippen LogP contribution in [0.2, 0.25) is 0 Å². The van der Waals surface area contributed by atoms with Crippen LogP contribution in [0.25, 0.3) is 0 Å². The summed E-state index contributed by atoms with van der Waals surface area (Å²) in [6.07, 6.45) is 4.27. The van der Waals surface area contributed by atoms with Gasteiger partial charge in [0.25, 0.3) is 5.91 Å². The third-order valence-electron chi connectivity index (χ3n) is 3.78. The number of nitrogens with zero attached hydrogens (tertiary/aromatic N) is 2. The smallest absolute Gasteiger partial charge is 0.257 e. The molecule has 1 aromatic rings. The minimum atomic E-state index is -0.176. The maximum Gasteiger partial charge on any atom is 0.257 e. The topological polar surface area (TPSA) is 79.5 Å². The number of thiocarbonyl (C=S) groups is 1. The van der Waals surface area contributed by atoms with Crippen molar-refractivity contribution in [2.75, 3.05) is 13.1 Å². The molecule has 0 bridgehead atoms. The SMILES string of the molecule is CC1(C(N)=S)CCN(C(=O)c2ccncc2O)CC1. The molecule has 3 N–H and O–H groups in total. The van der Waals surface area contributed by atoms with Crippen LogP contribution in [0.4, 0.5) is 0 Å². The van der Waals surface area contributed by atoms with E-state index in [1.54, 1.807) is 4.90 Å². The molecule has 2 heterocycles. The van der Waals surface area contributed by atoms with Gasteiger partial charge in [-0.3, -0.25) is 9.78 Å². The standard InChI is InChI=1S/C13H17N3O2S/c1-13(12(14)19)3-6-16(7-4-13)11(18)9-2-5-15-8-10(9)17/h2,5,8,17H,3-4,6-7H2,1H3,(H2,14,19). The third-order valence-corrected chi connectivity index (χ3v) is 4.27. The molecule has 0 saturated carbocycles. The monoisotopic (exact) mass is 279 g/mol. The van der Waals surface area contributed by atoms with Crippen molar-refractivity contribution in [1.29, 1.82) is 0 Å². The Hall–Kier alpha value is -1.69. The molecule has 0 aromatic carbocycles. The van der Waals surface area contributed by atoms with E-state index < -0.39 is 0 Å². The Labute approximate surface area is 117 Å². The van der Waals surface area contributed by atoms with Crippen LogP contribution >= 0.6 is 12.2 Å². The van der Waals surface area contributed by atoms with Crippen molar-refractivity contribution in [3.63, 3.8) is 0 Å². The van der Waals surface area contributed by atoms with E-state index in [1.165, 1.54) is 18.5 Å². The van der Waals surface area contributed by atoms with E-state index >= 15 is 0 Å². The molecule has 0 aliphatic carbocycles. The molecule has 1 saturated heterocycles. The summed E-state index contributed by atoms with van der Waals surface area (Å²) >= 11 is 5.07. The largest absolute Gasteiger partial charge is 0.505 e. The molecule has 2 rings (SSSR count). The highest BCUT2D eigenvalue weighted by Gasteiger charge is 2.34. The fourth-order valence-corrected chi connectivity index (χ4v) is 2.39. The van der Waals surface area contributed by atoms with Gasteiger partial charge in [-0.25, -0.2) is 0 Å². The number of carbonyl (C=O) groups is 1. The van der Waals surface area contributed by atoms with Crippen LogP contribution < -0.4 is 5.73 Å². The fourth-order valence-electron chi connectivity index (χ4n) is 2.19. The van der Waals surface area contributed by atoms with Gasteiger partial charge in [0.05, 0.1) is 16.7 Å². The second kappa shape index (κ2) is 5.13. The van der Waals surface area contributed by atoms with Gasteiger partial charge in [-0.15, -0.1) is 0 Å². The van der Waals surface area contributed by atoms with E-state index in [-0.39, 0.29) is 22.6 Å². The second-order valence-electron chi connectivity index (χ2n) is 5.11. The average Bonchev–Trinajstić information content (AvgIpc) is 2.39. The molecule has 1 aromatic heterocycles. The highest BCUT2D eigenvalue weighted by Crippen LogP contribution is 2.32. The Morgan fingerprint density at radius 1 is 1.53 bits per heavy atom. The van der Waals surface area contributed by atoms with Crippen LogP contribution in [-0.4, -0.2) is 39.0 Å². The Bertz CT molecular complexity index is 510. The van der Waals surface area contributed by atoms with E-state index in [1.807, 2.05) is 6.92 Å². The van der Waals surface area contributed by atoms with Crippen molar-refractivity contribution in [3.05, 3.63) is 24.0 Å². The number of carbonyl (C=O) groups excluding carboxylic acids is 1. The third kappa shape index (κ3) is 2.68. The minimum absolute atomic E-state index is 0.0878. The molecule has 1 amide bonds. The van der Waals surface area contributed by atoms with Crippen LogP contribution in [0.1, 0.15) is 30.1 Å². The highest BCUT2D eigenvalue weighted by atomic mass is 32.1. The van der Waals surface area contributed by atoms with Crippen LogP contribution in [0.5, 0.6) is 5.75 Å². The lowest BCUT2D eigenvalue weighted by Gasteiger charge is -2.38. The Balaban J connectivity index is 2.08. The number of hydrogen-bond donors (Lipinski definition) is 2. The number of likely N-dealkylation sites (tertiary alicyclic amines) is 1. The molecule has 19 heavy (non-hydrogen) atoms. The Kier molecular flexibility index (Phi) is 3.71. The lowest BCUT2D eigenvalue weighted by atomic mass is 9.80. The van der Waals surface area contributed by atoms with Crippen LogP contribution in [-0.2, 0) is 0 Å². The molecule has 102 valence electrons. The van der Waals surface area contributed by atoms with Gasteiger partial charge in [0.2, 0.25) is 0 Å². The molecule has 1 fully saturated rings. The van der Waals surface area contributed by atoms with Crippen molar-refractivity contribution < 1.29 is 9.90 Å². The van der Waals surface area contributed by atoms with Crippen LogP contribution in [0.3, 0.4) is 0 Å². The van der Waals surface area contributed by atoms with Gasteiger partial charge >= 0.3 is 0 Å². The first-order valence-electron chi connectivity index (χ1n) is 6.16. The summed E-state index contributed by atoms with van der Waals surface area (Å²) in [6, 6.07) is 1.53. The first kappa shape index (κ1) is 13.7. The van der Waals surface area contributed by atoms with Gasteiger partial charge in [0.1, 0.15) is 5.75 Å². The summed E-state index contributed by atoms with van der Waals surface area (Å²) in [7, 11) is 0. The lowest BCUT2D eigenvalue weighted by Crippen LogP contribution is -2.46. The van der Waals surface area contributed by atoms with Crippen molar-refractivity contribution in [3.8, 4) is 5.75 Å². The average molecular weight is 279 g/mol. The maximum absolute atomic E-state index is 12.3. The molecule has 6 heteroatoms. The summed E-state index contributed by atoms with van der Waals surface area (Å²) in [6.45, 7) is 3.21. The summed E-state index contributed by atoms with van der Waals surface area (Å²) in [5.74, 6) is -0.264. The molecule has 0 spiro atoms. The molecule has 0 atom stereocenters. The second-order valence-corrected chi connectivity index (χ2v) is 5.55. The Morgan fingerprint density at radius 2 is 2.16 bits per heavy atom. The predicted molar refractivity (Wildman–Crippen MR) is 75.9 cm³/mol. The van der Waals surface area contributed by atoms with Crippen molar-refractivity contribution in [2.24, 2.45) is 11.1 Å². The highest BCUT2D eigenvalue weighted by molar-refractivity contribution is 7.80. The summed E-state index contributed by atoms with van der Waals surface area (Å²) in [5, 5.41) is 9.65. The van der Waals surface area contributed by atoms with E-state index in [0.29, 0.717) is 18.1 Å². The number of aromatic hydroxyl groups is 1. The number of piperidine rings is 1. The lowest BCUT2D eigenvalue weighted by molar-refractivity contribution is 0.0667. The zero-order chi connectivity index (χ0) is 14.0. The maximum atomic E-state index is 12.3. The number of aromatic nitrogens is 1. The van der Waals surface area contributed by atoms with E-state index in [2.05, 4.69) is 4.98 Å². The summed E-state index contributed by atoms with van der Waals surface area (Å²) in [4.78, 5) is 18.3. The van der Waals surface area contributed by atoms with E-state index in [9.17, 15) is 9.90 Å². The first-order valence-corrected chi connectivity index (χ1v) is 6.57. The zero-order valence-electron chi connectivity index (χ0n) is 10.8. The zero-order valence-corrected chi connectivity index (χ0v) is 11.6. The van der Waals surface area contributed by atoms with Crippen molar-refractivity contribution in [1.82, 2.24) is 9.88 Å². The predicted octanol–water partition coefficient (Wildman–Crippen LogP) is 1.32. The fraction of sp³-hybridized carbons (Fsp3) is 0.462. The molecule has 0 radical (unpaired) electrons. The van der Waals surface area contributed by atoms with Gasteiger partial charge in [-0.05, 0) is 18.9 Å². The number of nitrogens with two attached hydrogens (primary N) is 1. The normalized spacial score (nSPS) is 18.1. The van der Waals surface area contributed by atoms with E-state index in [0.717, 1.165) is 12.8 Å². The molecular formula is C13H17N3O2S. The van der Waals surface area contributed by atoms with Gasteiger partial charge in [0, 0.05) is 24.7 Å². The quantitative estimate of drug-likeness (QED) is 0.798. The number of hydrogen-bond acceptors (Lipinski definition) is 4. The molecular weight excluding hydrogens is 262 g/mol. The number of rotatable bonds is 2. The molecule has 5 nitrogen and oxygen atoms in total. The summed E-state index contributed by atoms with van der Waals surface area (Å²) < 4.78 is 0. The number of amides is 1. The van der Waals surface area contributed by atoms with Gasteiger partial charge in [-0.1, -0.05) is 19.1 Å². The van der Waals surface area contributed by atoms with Gasteiger partial charge < -0.3 is 15.7 Å². The van der Waals surface area contributed by atoms with Gasteiger partial charge in [0.15, 0.2) is 0 Å². The minimum Gasteiger partial charge on any atom is -0.505 e. The van der Waals surface area contributed by atoms with Crippen LogP contribution in [0.15, 0.2) is 18.5 Å². The molecule has 1 aliphatic rings.